The molecule has 0 atom stereocenters. The van der Waals surface area contributed by atoms with E-state index >= 15 is 0 Å². The smallest absolute Gasteiger partial charge is 0.364 e. The standard InChI is InChI=1S/C21H19ClN2O4S/c1-13-4-7-16(8-5-13)12-29(26,27)21-23-11-18(22)19(24-21)20(25)28-17-9-6-14(2)15(3)10-17/h4-11H,12H2,1-3H3. The molecule has 0 aliphatic heterocycles. The van der Waals surface area contributed by atoms with Crippen LogP contribution in [0.15, 0.2) is 53.8 Å². The minimum Gasteiger partial charge on any atom is -0.422 e. The summed E-state index contributed by atoms with van der Waals surface area (Å²) in [6, 6.07) is 12.2. The van der Waals surface area contributed by atoms with Crippen LogP contribution in [0, 0.1) is 20.8 Å². The molecule has 0 unspecified atom stereocenters. The molecule has 0 radical (unpaired) electrons. The number of esters is 1. The van der Waals surface area contributed by atoms with Gasteiger partial charge in [-0.3, -0.25) is 0 Å². The minimum absolute atomic E-state index is 0.0897. The van der Waals surface area contributed by atoms with Gasteiger partial charge in [-0.2, -0.15) is 0 Å². The van der Waals surface area contributed by atoms with E-state index in [0.717, 1.165) is 22.9 Å². The first-order chi connectivity index (χ1) is 13.7. The van der Waals surface area contributed by atoms with Crippen LogP contribution in [0.1, 0.15) is 32.7 Å². The number of aromatic nitrogens is 2. The van der Waals surface area contributed by atoms with E-state index < -0.39 is 21.0 Å². The van der Waals surface area contributed by atoms with Gasteiger partial charge in [0.05, 0.1) is 17.0 Å². The highest BCUT2D eigenvalue weighted by Crippen LogP contribution is 2.21. The summed E-state index contributed by atoms with van der Waals surface area (Å²) < 4.78 is 30.7. The van der Waals surface area contributed by atoms with Gasteiger partial charge in [0, 0.05) is 0 Å². The van der Waals surface area contributed by atoms with Crippen molar-refractivity contribution in [3.63, 3.8) is 0 Å². The third-order valence-corrected chi connectivity index (χ3v) is 6.10. The Balaban J connectivity index is 1.87. The normalized spacial score (nSPS) is 11.3. The Morgan fingerprint density at radius 3 is 2.38 bits per heavy atom. The second kappa shape index (κ2) is 8.31. The van der Waals surface area contributed by atoms with E-state index in [-0.39, 0.29) is 16.5 Å². The maximum absolute atomic E-state index is 12.7. The average molecular weight is 431 g/mol. The number of carbonyl (C=O) groups is 1. The molecule has 2 aromatic carbocycles. The van der Waals surface area contributed by atoms with E-state index in [4.69, 9.17) is 16.3 Å². The zero-order valence-electron chi connectivity index (χ0n) is 16.1. The molecule has 0 amide bonds. The van der Waals surface area contributed by atoms with Crippen LogP contribution in [-0.4, -0.2) is 24.4 Å². The molecule has 6 nitrogen and oxygen atoms in total. The van der Waals surface area contributed by atoms with Gasteiger partial charge in [-0.25, -0.2) is 23.2 Å². The Hall–Kier alpha value is -2.77. The highest BCUT2D eigenvalue weighted by molar-refractivity contribution is 7.90. The molecule has 0 aliphatic rings. The number of carbonyl (C=O) groups excluding carboxylic acids is 1. The Labute approximate surface area is 174 Å². The van der Waals surface area contributed by atoms with Gasteiger partial charge in [-0.15, -0.1) is 0 Å². The topological polar surface area (TPSA) is 86.2 Å². The van der Waals surface area contributed by atoms with Crippen molar-refractivity contribution in [2.45, 2.75) is 31.7 Å². The lowest BCUT2D eigenvalue weighted by Gasteiger charge is -2.09. The molecule has 1 heterocycles. The number of halogens is 1. The van der Waals surface area contributed by atoms with Crippen LogP contribution in [0.2, 0.25) is 5.02 Å². The molecule has 150 valence electrons. The SMILES string of the molecule is Cc1ccc(CS(=O)(=O)c2ncc(Cl)c(C(=O)Oc3ccc(C)c(C)c3)n2)cc1. The first-order valence-corrected chi connectivity index (χ1v) is 10.8. The Morgan fingerprint density at radius 2 is 1.72 bits per heavy atom. The van der Waals surface area contributed by atoms with Crippen LogP contribution >= 0.6 is 11.6 Å². The highest BCUT2D eigenvalue weighted by Gasteiger charge is 2.24. The van der Waals surface area contributed by atoms with Crippen molar-refractivity contribution in [3.8, 4) is 5.75 Å². The maximum Gasteiger partial charge on any atom is 0.364 e. The van der Waals surface area contributed by atoms with Crippen molar-refractivity contribution in [1.82, 2.24) is 9.97 Å². The van der Waals surface area contributed by atoms with Crippen molar-refractivity contribution in [2.75, 3.05) is 0 Å². The summed E-state index contributed by atoms with van der Waals surface area (Å²) in [5, 5.41) is -0.567. The Kier molecular flexibility index (Phi) is 6.00. The van der Waals surface area contributed by atoms with Crippen molar-refractivity contribution < 1.29 is 17.9 Å². The fourth-order valence-corrected chi connectivity index (χ4v) is 3.92. The second-order valence-corrected chi connectivity index (χ2v) is 9.02. The molecule has 0 saturated heterocycles. The van der Waals surface area contributed by atoms with Gasteiger partial charge in [0.2, 0.25) is 15.0 Å². The van der Waals surface area contributed by atoms with Gasteiger partial charge in [0.25, 0.3) is 0 Å². The van der Waals surface area contributed by atoms with Gasteiger partial charge in [0.1, 0.15) is 5.75 Å². The van der Waals surface area contributed by atoms with Gasteiger partial charge in [0.15, 0.2) is 5.69 Å². The van der Waals surface area contributed by atoms with E-state index in [2.05, 4.69) is 9.97 Å². The number of benzene rings is 2. The molecule has 0 saturated carbocycles. The molecule has 0 N–H and O–H groups in total. The number of ether oxygens (including phenoxy) is 1. The van der Waals surface area contributed by atoms with E-state index in [9.17, 15) is 13.2 Å². The Bertz CT molecular complexity index is 1180. The number of hydrogen-bond acceptors (Lipinski definition) is 6. The summed E-state index contributed by atoms with van der Waals surface area (Å²) in [7, 11) is -3.87. The summed E-state index contributed by atoms with van der Waals surface area (Å²) in [5.41, 5.74) is 3.31. The first-order valence-electron chi connectivity index (χ1n) is 8.76. The van der Waals surface area contributed by atoms with E-state index in [0.29, 0.717) is 11.3 Å². The second-order valence-electron chi connectivity index (χ2n) is 6.73. The molecular formula is C21H19ClN2O4S. The molecule has 1 aromatic heterocycles. The van der Waals surface area contributed by atoms with E-state index in [1.807, 2.05) is 39.0 Å². The molecular weight excluding hydrogens is 412 g/mol. The number of aryl methyl sites for hydroxylation is 3. The highest BCUT2D eigenvalue weighted by atomic mass is 35.5. The lowest BCUT2D eigenvalue weighted by atomic mass is 10.1. The monoisotopic (exact) mass is 430 g/mol. The average Bonchev–Trinajstić information content (AvgIpc) is 2.66. The fourth-order valence-electron chi connectivity index (χ4n) is 2.54. The summed E-state index contributed by atoms with van der Waals surface area (Å²) in [4.78, 5) is 20.2. The van der Waals surface area contributed by atoms with Crippen molar-refractivity contribution >= 4 is 27.4 Å². The Morgan fingerprint density at radius 1 is 1.03 bits per heavy atom. The van der Waals surface area contributed by atoms with E-state index in [1.165, 1.54) is 0 Å². The van der Waals surface area contributed by atoms with Crippen LogP contribution in [0.4, 0.5) is 0 Å². The van der Waals surface area contributed by atoms with Crippen molar-refractivity contribution in [1.29, 1.82) is 0 Å². The van der Waals surface area contributed by atoms with Gasteiger partial charge in [-0.05, 0) is 49.6 Å². The first kappa shape index (κ1) is 21.0. The zero-order chi connectivity index (χ0) is 21.2. The van der Waals surface area contributed by atoms with Crippen LogP contribution < -0.4 is 4.74 Å². The minimum atomic E-state index is -3.87. The predicted molar refractivity (Wildman–Crippen MR) is 110 cm³/mol. The summed E-state index contributed by atoms with van der Waals surface area (Å²) in [6.45, 7) is 5.74. The summed E-state index contributed by atoms with van der Waals surface area (Å²) in [5.74, 6) is -0.829. The zero-order valence-corrected chi connectivity index (χ0v) is 17.7. The molecule has 3 rings (SSSR count). The van der Waals surface area contributed by atoms with E-state index in [1.54, 1.807) is 24.3 Å². The number of rotatable bonds is 5. The largest absolute Gasteiger partial charge is 0.422 e. The van der Waals surface area contributed by atoms with Gasteiger partial charge < -0.3 is 4.74 Å². The number of nitrogens with zero attached hydrogens (tertiary/aromatic N) is 2. The van der Waals surface area contributed by atoms with Gasteiger partial charge in [-0.1, -0.05) is 47.5 Å². The molecule has 0 fully saturated rings. The molecule has 0 spiro atoms. The lowest BCUT2D eigenvalue weighted by molar-refractivity contribution is 0.0727. The van der Waals surface area contributed by atoms with Crippen LogP contribution in [0.5, 0.6) is 5.75 Å². The molecule has 0 aliphatic carbocycles. The van der Waals surface area contributed by atoms with Crippen molar-refractivity contribution in [3.05, 3.63) is 81.6 Å². The quantitative estimate of drug-likeness (QED) is 0.341. The third kappa shape index (κ3) is 4.99. The molecule has 8 heteroatoms. The van der Waals surface area contributed by atoms with Crippen LogP contribution in [0.25, 0.3) is 0 Å². The number of hydrogen-bond donors (Lipinski definition) is 0. The summed E-state index contributed by atoms with van der Waals surface area (Å²) in [6.07, 6.45) is 1.09. The maximum atomic E-state index is 12.7. The predicted octanol–water partition coefficient (Wildman–Crippen LogP) is 4.25. The third-order valence-electron chi connectivity index (χ3n) is 4.36. The van der Waals surface area contributed by atoms with Gasteiger partial charge >= 0.3 is 5.97 Å². The number of sulfone groups is 1. The fraction of sp³-hybridized carbons (Fsp3) is 0.190. The molecule has 3 aromatic rings. The molecule has 0 bridgehead atoms. The summed E-state index contributed by atoms with van der Waals surface area (Å²) >= 11 is 6.02. The van der Waals surface area contributed by atoms with Crippen LogP contribution in [-0.2, 0) is 15.6 Å². The van der Waals surface area contributed by atoms with Crippen molar-refractivity contribution in [2.24, 2.45) is 0 Å². The van der Waals surface area contributed by atoms with Crippen LogP contribution in [0.3, 0.4) is 0 Å². The lowest BCUT2D eigenvalue weighted by Crippen LogP contribution is -2.16. The molecule has 29 heavy (non-hydrogen) atoms.